The number of benzene rings is 3. The number of ether oxygens (including phenoxy) is 3. The number of imide groups is 1. The number of fused-ring (bicyclic) bond motifs is 1. The van der Waals surface area contributed by atoms with Crippen LogP contribution >= 0.6 is 65.6 Å². The summed E-state index contributed by atoms with van der Waals surface area (Å²) in [6.07, 6.45) is 7.75. The number of nitrogens with one attached hydrogen (secondary N) is 3. The number of para-hydroxylation sites is 3. The largest absolute Gasteiger partial charge is 0.489 e. The third-order valence-corrected chi connectivity index (χ3v) is 13.5. The number of alkyl halides is 3. The van der Waals surface area contributed by atoms with Crippen LogP contribution in [-0.2, 0) is 39.7 Å². The minimum absolute atomic E-state index is 0.0223. The molecule has 0 saturated heterocycles. The first-order chi connectivity index (χ1) is 39.4. The van der Waals surface area contributed by atoms with Gasteiger partial charge in [0.25, 0.3) is 17.7 Å². The summed E-state index contributed by atoms with van der Waals surface area (Å²) >= 11 is 28.8. The van der Waals surface area contributed by atoms with E-state index in [1.165, 1.54) is 6.07 Å². The number of amides is 4. The molecule has 3 unspecified atom stereocenters. The number of hydrogen-bond donors (Lipinski definition) is 6. The first-order valence-electron chi connectivity index (χ1n) is 26.3. The molecule has 3 atom stereocenters. The van der Waals surface area contributed by atoms with Crippen LogP contribution in [-0.4, -0.2) is 134 Å². The molecule has 28 heteroatoms. The van der Waals surface area contributed by atoms with Gasteiger partial charge in [0.15, 0.2) is 10.9 Å². The fourth-order valence-corrected chi connectivity index (χ4v) is 9.41. The third-order valence-electron chi connectivity index (χ3n) is 11.8. The molecular formula is C56H72Cl5FN9O12P. The number of carbonyl (C=O) groups excluding carboxylic acids is 4. The molecule has 1 aromatic heterocycles. The highest BCUT2D eigenvalue weighted by Crippen LogP contribution is 2.40. The molecule has 6 N–H and O–H groups in total. The minimum Gasteiger partial charge on any atom is -0.489 e. The second-order valence-electron chi connectivity index (χ2n) is 19.8. The number of aryl methyl sites for hydroxylation is 2. The van der Waals surface area contributed by atoms with Gasteiger partial charge in [0.1, 0.15) is 29.8 Å². The Morgan fingerprint density at radius 2 is 1.60 bits per heavy atom. The number of carboxylic acids is 1. The van der Waals surface area contributed by atoms with Gasteiger partial charge >= 0.3 is 13.6 Å². The molecule has 0 fully saturated rings. The number of halogens is 6. The van der Waals surface area contributed by atoms with Crippen LogP contribution in [0.1, 0.15) is 92.2 Å². The molecule has 84 heavy (non-hydrogen) atoms. The molecule has 2 aliphatic heterocycles. The Bertz CT molecular complexity index is 3030. The average molecular weight is 1290 g/mol. The zero-order valence-corrected chi connectivity index (χ0v) is 52.9. The van der Waals surface area contributed by atoms with Crippen LogP contribution in [0.15, 0.2) is 65.7 Å². The van der Waals surface area contributed by atoms with E-state index in [0.717, 1.165) is 59.3 Å². The van der Waals surface area contributed by atoms with E-state index in [9.17, 15) is 32.9 Å². The molecule has 0 radical (unpaired) electrons. The zero-order chi connectivity index (χ0) is 63.2. The van der Waals surface area contributed by atoms with Crippen LogP contribution < -0.4 is 40.1 Å². The van der Waals surface area contributed by atoms with Gasteiger partial charge in [0, 0.05) is 36.4 Å². The van der Waals surface area contributed by atoms with E-state index in [2.05, 4.69) is 49.8 Å². The van der Waals surface area contributed by atoms with E-state index in [1.54, 1.807) is 23.8 Å². The second kappa shape index (κ2) is 34.3. The van der Waals surface area contributed by atoms with Crippen LogP contribution in [0.3, 0.4) is 0 Å². The Labute approximate surface area is 514 Å². The van der Waals surface area contributed by atoms with Crippen LogP contribution in [0.25, 0.3) is 0 Å². The predicted octanol–water partition coefficient (Wildman–Crippen LogP) is 10.4. The average Bonchev–Trinajstić information content (AvgIpc) is 1.95. The standard InChI is InChI=1S/C18H15ClFNO3.C15H22ClNO2.C11H11Cl2NO2.C9H16ClN5.C3H8NO5P/c1-3-10(2)24-16-9-15(14(20)8-13(16)19)21-17(22)11-6-4-5-7-12(11)18(21)23;1-5-13-8-6-7-11(2)15(13)17(14(18)9-16)12(3)10-19-4;1-7-6-16-9-5-3-2-4-8(9)14(7)11(15)10(12)13;1-5-11-7-12-6(10)13-8(14-7)15-9(2,3)4;5-3(6)1-4-2-10(7,8)9/h1,8-10H,4-7H2,2H3;6-8,12H,5,9-10H2,1-4H3;2-5,7,10H,6H2,1H3;5H2,1-4H3,(H2,11,12,13,14,15);4H,1-2H2,(H,5,6)(H2,7,8,9). The molecule has 1 aliphatic carbocycles. The molecule has 7 rings (SSSR count). The lowest BCUT2D eigenvalue weighted by Crippen LogP contribution is -2.47. The first kappa shape index (κ1) is 72.4. The van der Waals surface area contributed by atoms with E-state index in [-0.39, 0.29) is 57.1 Å². The lowest BCUT2D eigenvalue weighted by Gasteiger charge is -2.35. The van der Waals surface area contributed by atoms with Gasteiger partial charge in [-0.25, -0.2) is 9.29 Å². The van der Waals surface area contributed by atoms with Gasteiger partial charge < -0.3 is 49.5 Å². The van der Waals surface area contributed by atoms with E-state index in [4.69, 9.17) is 93.5 Å². The smallest absolute Gasteiger partial charge is 0.339 e. The normalized spacial score (nSPS) is 15.1. The third kappa shape index (κ3) is 22.2. The maximum atomic E-state index is 14.4. The fraction of sp³-hybridized carbons (Fsp3) is 0.464. The topological polar surface area (TPSA) is 275 Å². The van der Waals surface area contributed by atoms with Gasteiger partial charge in [0.05, 0.1) is 53.6 Å². The summed E-state index contributed by atoms with van der Waals surface area (Å²) in [5, 5.41) is 16.4. The highest BCUT2D eigenvalue weighted by molar-refractivity contribution is 7.51. The summed E-state index contributed by atoms with van der Waals surface area (Å²) in [6, 6.07) is 15.6. The summed E-state index contributed by atoms with van der Waals surface area (Å²) in [6.45, 7) is 18.9. The van der Waals surface area contributed by atoms with E-state index >= 15 is 0 Å². The number of carbonyl (C=O) groups is 5. The highest BCUT2D eigenvalue weighted by atomic mass is 35.5. The van der Waals surface area contributed by atoms with Gasteiger partial charge in [-0.3, -0.25) is 33.9 Å². The van der Waals surface area contributed by atoms with Crippen molar-refractivity contribution in [3.8, 4) is 23.8 Å². The van der Waals surface area contributed by atoms with Crippen molar-refractivity contribution in [3.63, 3.8) is 0 Å². The summed E-state index contributed by atoms with van der Waals surface area (Å²) in [4.78, 5) is 90.6. The van der Waals surface area contributed by atoms with Crippen molar-refractivity contribution < 1.29 is 62.0 Å². The minimum atomic E-state index is -4.10. The number of aromatic nitrogens is 3. The summed E-state index contributed by atoms with van der Waals surface area (Å²) in [5.41, 5.74) is 4.64. The van der Waals surface area contributed by atoms with Crippen LogP contribution in [0, 0.1) is 25.1 Å². The number of nitrogens with zero attached hydrogens (tertiary/aromatic N) is 6. The molecule has 0 spiro atoms. The van der Waals surface area contributed by atoms with E-state index < -0.39 is 55.0 Å². The molecule has 4 aromatic rings. The molecule has 3 aliphatic rings. The lowest BCUT2D eigenvalue weighted by atomic mass is 9.93. The number of hydrogen-bond acceptors (Lipinski definition) is 15. The molecule has 3 aromatic carbocycles. The molecule has 0 saturated carbocycles. The van der Waals surface area contributed by atoms with Crippen molar-refractivity contribution >= 4 is 124 Å². The number of aliphatic carboxylic acids is 1. The number of carboxylic acid groups (broad SMARTS) is 1. The molecule has 4 amide bonds. The number of methoxy groups -OCH3 is 1. The van der Waals surface area contributed by atoms with Crippen LogP contribution in [0.2, 0.25) is 10.3 Å². The Balaban J connectivity index is 0.000000283. The van der Waals surface area contributed by atoms with Crippen molar-refractivity contribution in [1.82, 2.24) is 20.3 Å². The molecule has 0 bridgehead atoms. The monoisotopic (exact) mass is 1290 g/mol. The Morgan fingerprint density at radius 3 is 2.13 bits per heavy atom. The maximum absolute atomic E-state index is 14.4. The Hall–Kier alpha value is -5.83. The fourth-order valence-electron chi connectivity index (χ4n) is 8.31. The van der Waals surface area contributed by atoms with Gasteiger partial charge in [-0.15, -0.1) is 18.0 Å². The molecule has 3 heterocycles. The number of anilines is 5. The molecular weight excluding hydrogens is 1220 g/mol. The Kier molecular flexibility index (Phi) is 29.6. The van der Waals surface area contributed by atoms with Gasteiger partial charge in [-0.2, -0.15) is 15.0 Å². The van der Waals surface area contributed by atoms with Gasteiger partial charge in [0.2, 0.25) is 23.1 Å². The molecule has 460 valence electrons. The lowest BCUT2D eigenvalue weighted by molar-refractivity contribution is -0.136. The van der Waals surface area contributed by atoms with Crippen molar-refractivity contribution in [3.05, 3.63) is 93.0 Å². The van der Waals surface area contributed by atoms with Gasteiger partial charge in [-0.05, 0) is 128 Å². The SMILES string of the molecule is C#CC(C)Oc1cc(N2C(=O)C3=C(CCCC3)C2=O)c(F)cc1Cl.CC1COc2ccccc2N1C(=O)C(Cl)Cl.CCNc1nc(Cl)nc(NC(C)(C)C)n1.CCc1cccc(C)c1N(C(=O)CCl)C(C)COC.O=C(O)CNCP(=O)(O)O. The van der Waals surface area contributed by atoms with Crippen LogP contribution in [0.5, 0.6) is 11.5 Å². The van der Waals surface area contributed by atoms with Crippen molar-refractivity contribution in [2.45, 2.75) is 123 Å². The Morgan fingerprint density at radius 1 is 0.976 bits per heavy atom. The predicted molar refractivity (Wildman–Crippen MR) is 328 cm³/mol. The first-order valence-corrected chi connectivity index (χ1v) is 30.3. The van der Waals surface area contributed by atoms with E-state index in [0.29, 0.717) is 54.8 Å². The summed E-state index contributed by atoms with van der Waals surface area (Å²) < 4.78 is 40.6. The molecule has 21 nitrogen and oxygen atoms in total. The van der Waals surface area contributed by atoms with Gasteiger partial charge in [-0.1, -0.05) is 78.0 Å². The summed E-state index contributed by atoms with van der Waals surface area (Å²) in [5.74, 6) is 0.897. The zero-order valence-electron chi connectivity index (χ0n) is 48.3. The summed E-state index contributed by atoms with van der Waals surface area (Å²) in [7, 11) is -2.46. The van der Waals surface area contributed by atoms with Crippen molar-refractivity contribution in [2.75, 3.05) is 70.9 Å². The second-order valence-corrected chi connectivity index (χ2v) is 23.6. The number of rotatable bonds is 17. The van der Waals surface area contributed by atoms with E-state index in [1.807, 2.05) is 84.9 Å². The number of terminal acetylenes is 1. The van der Waals surface area contributed by atoms with Crippen molar-refractivity contribution in [1.29, 1.82) is 0 Å². The van der Waals surface area contributed by atoms with Crippen LogP contribution in [0.4, 0.5) is 33.3 Å². The van der Waals surface area contributed by atoms with Crippen molar-refractivity contribution in [2.24, 2.45) is 0 Å². The maximum Gasteiger partial charge on any atom is 0.339 e. The quantitative estimate of drug-likeness (QED) is 0.0248. The highest BCUT2D eigenvalue weighted by Gasteiger charge is 2.41.